The second-order valence-corrected chi connectivity index (χ2v) is 16.8. The van der Waals surface area contributed by atoms with E-state index in [4.69, 9.17) is 46.9 Å². The van der Waals surface area contributed by atoms with E-state index in [0.29, 0.717) is 11.1 Å². The van der Waals surface area contributed by atoms with Crippen LogP contribution in [0.3, 0.4) is 0 Å². The molecule has 1 aliphatic heterocycles. The van der Waals surface area contributed by atoms with Crippen LogP contribution < -0.4 is 5.32 Å². The van der Waals surface area contributed by atoms with Crippen molar-refractivity contribution >= 4 is 53.0 Å². The first kappa shape index (κ1) is 41.9. The van der Waals surface area contributed by atoms with Crippen molar-refractivity contribution in [3.05, 3.63) is 47.0 Å². The van der Waals surface area contributed by atoms with Crippen molar-refractivity contribution in [3.63, 3.8) is 0 Å². The summed E-state index contributed by atoms with van der Waals surface area (Å²) in [6, 6.07) is 7.04. The highest BCUT2D eigenvalue weighted by atomic mass is 35.5. The van der Waals surface area contributed by atoms with Crippen molar-refractivity contribution in [1.29, 1.82) is 0 Å². The fourth-order valence-corrected chi connectivity index (χ4v) is 10.0. The molecule has 4 aliphatic rings. The predicted molar refractivity (Wildman–Crippen MR) is 195 cm³/mol. The van der Waals surface area contributed by atoms with Crippen molar-refractivity contribution in [1.82, 2.24) is 5.32 Å². The molecule has 2 saturated carbocycles. The summed E-state index contributed by atoms with van der Waals surface area (Å²) < 4.78 is 29.0. The van der Waals surface area contributed by atoms with Crippen LogP contribution in [0.25, 0.3) is 0 Å². The summed E-state index contributed by atoms with van der Waals surface area (Å²) >= 11 is 11.8. The fourth-order valence-electron chi connectivity index (χ4n) is 9.88. The van der Waals surface area contributed by atoms with E-state index in [-0.39, 0.29) is 25.0 Å². The van der Waals surface area contributed by atoms with Crippen LogP contribution in [0, 0.1) is 28.1 Å². The summed E-state index contributed by atoms with van der Waals surface area (Å²) in [7, 11) is 0. The van der Waals surface area contributed by atoms with Crippen molar-refractivity contribution in [2.24, 2.45) is 28.1 Å². The summed E-state index contributed by atoms with van der Waals surface area (Å²) in [6.45, 7) is 14.1. The maximum atomic E-state index is 15.3. The molecule has 1 aromatic carbocycles. The van der Waals surface area contributed by atoms with Crippen molar-refractivity contribution < 1.29 is 57.9 Å². The van der Waals surface area contributed by atoms with Crippen LogP contribution in [0.15, 0.2) is 41.5 Å². The maximum Gasteiger partial charge on any atom is 0.407 e. The van der Waals surface area contributed by atoms with E-state index >= 15 is 4.79 Å². The van der Waals surface area contributed by atoms with Crippen LogP contribution in [0.5, 0.6) is 0 Å². The van der Waals surface area contributed by atoms with Gasteiger partial charge in [0.15, 0.2) is 18.0 Å². The van der Waals surface area contributed by atoms with E-state index in [0.717, 1.165) is 0 Å². The molecule has 3 aliphatic carbocycles. The van der Waals surface area contributed by atoms with Crippen LogP contribution in [0.2, 0.25) is 0 Å². The first-order chi connectivity index (χ1) is 25.2. The molecule has 3 N–H and O–H groups in total. The number of hydrogen-bond donors (Lipinski definition) is 3. The predicted octanol–water partition coefficient (Wildman–Crippen LogP) is 4.56. The highest BCUT2D eigenvalue weighted by Crippen LogP contribution is 2.67. The van der Waals surface area contributed by atoms with Gasteiger partial charge in [0, 0.05) is 23.7 Å². The van der Waals surface area contributed by atoms with Gasteiger partial charge >= 0.3 is 24.0 Å². The molecule has 1 heterocycles. The lowest BCUT2D eigenvalue weighted by Crippen LogP contribution is -2.75. The Morgan fingerprint density at radius 1 is 1.00 bits per heavy atom. The molecule has 0 aromatic heterocycles. The fraction of sp³-hybridized carbons (Fsp3) is 0.667. The molecule has 1 aromatic rings. The molecular formula is C39H51Cl2NO12. The number of carbonyl (C=O) groups excluding carboxylic acids is 5. The largest absolute Gasteiger partial charge is 0.460 e. The van der Waals surface area contributed by atoms with E-state index in [1.54, 1.807) is 71.9 Å². The second kappa shape index (κ2) is 15.4. The number of alkyl halides is 2. The first-order valence-electron chi connectivity index (χ1n) is 18.2. The number of ether oxygens (including phenoxy) is 5. The molecule has 13 nitrogen and oxygen atoms in total. The van der Waals surface area contributed by atoms with E-state index in [9.17, 15) is 29.4 Å². The number of hydrogen-bond acceptors (Lipinski definition) is 12. The Morgan fingerprint density at radius 3 is 2.17 bits per heavy atom. The van der Waals surface area contributed by atoms with Crippen LogP contribution in [0.4, 0.5) is 4.79 Å². The molecule has 54 heavy (non-hydrogen) atoms. The van der Waals surface area contributed by atoms with Gasteiger partial charge in [-0.3, -0.25) is 14.4 Å². The zero-order valence-corrected chi connectivity index (χ0v) is 33.4. The number of nitrogens with one attached hydrogen (secondary N) is 1. The number of Topliss-reactive ketones (excluding diaryl/α,β-unsaturated/α-hetero) is 1. The molecule has 1 amide bonds. The Kier molecular flexibility index (Phi) is 11.9. The van der Waals surface area contributed by atoms with Gasteiger partial charge in [-0.1, -0.05) is 58.0 Å². The van der Waals surface area contributed by atoms with Crippen molar-refractivity contribution in [2.45, 2.75) is 116 Å². The number of amides is 1. The molecule has 1 saturated heterocycles. The molecule has 3 fully saturated rings. The number of esters is 3. The van der Waals surface area contributed by atoms with E-state index in [2.05, 4.69) is 5.32 Å². The number of halogens is 2. The SMILES string of the molecule is CC1=C2[C@@H](OC(=O)CCl)C(=O)[C@@]3(C)C([C@H](C)[C@](O)(C[C@@H]1OC(=O)[C@H](O)[C@@H](NC(=O)OC(C)C)c1ccccc1)C2(C)C)[C@]1(C)CO[C@@H]1C[C@@H]3OC(=O)CCl. The van der Waals surface area contributed by atoms with Gasteiger partial charge in [-0.05, 0) is 56.2 Å². The zero-order valence-electron chi connectivity index (χ0n) is 31.9. The van der Waals surface area contributed by atoms with Gasteiger partial charge in [0.25, 0.3) is 0 Å². The molecule has 11 atom stereocenters. The Bertz CT molecular complexity index is 1680. The molecular weight excluding hydrogens is 745 g/mol. The first-order valence-corrected chi connectivity index (χ1v) is 19.3. The Balaban J connectivity index is 1.64. The number of ketones is 1. The van der Waals surface area contributed by atoms with Crippen LogP contribution >= 0.6 is 23.2 Å². The third-order valence-corrected chi connectivity index (χ3v) is 13.0. The quantitative estimate of drug-likeness (QED) is 0.130. The summed E-state index contributed by atoms with van der Waals surface area (Å²) in [6.07, 6.45) is -7.68. The molecule has 2 bridgehead atoms. The molecule has 298 valence electrons. The lowest BCUT2D eigenvalue weighted by atomic mass is 9.40. The van der Waals surface area contributed by atoms with Gasteiger partial charge in [-0.15, -0.1) is 23.2 Å². The van der Waals surface area contributed by atoms with Gasteiger partial charge in [0.2, 0.25) is 0 Å². The lowest BCUT2D eigenvalue weighted by Gasteiger charge is -2.68. The van der Waals surface area contributed by atoms with E-state index in [1.807, 2.05) is 13.8 Å². The number of aliphatic hydroxyl groups excluding tert-OH is 1. The number of carbonyl (C=O) groups is 5. The van der Waals surface area contributed by atoms with Crippen molar-refractivity contribution in [3.8, 4) is 0 Å². The van der Waals surface area contributed by atoms with Gasteiger partial charge < -0.3 is 39.2 Å². The standard InChI is InChI=1S/C39H51Cl2NO12/c1-19(2)51-35(48)42-29(22-12-10-9-11-13-22)30(45)34(47)52-23-15-39(49)21(4)32-37(7)18-50-24(37)14-25(53-26(43)16-40)38(32,8)33(46)31(54-27(44)17-41)28(20(23)3)36(39,5)6/h9-13,19,21,23-25,29-32,45,49H,14-18H2,1-8H3,(H,42,48)/t21-,23-,24+,25-,29-,30+,31+,32?,37+,38+,39+/m0/s1. The summed E-state index contributed by atoms with van der Waals surface area (Å²) in [5.74, 6) is -5.89. The monoisotopic (exact) mass is 795 g/mol. The zero-order chi connectivity index (χ0) is 40.1. The minimum atomic E-state index is -1.94. The van der Waals surface area contributed by atoms with E-state index < -0.39 is 118 Å². The topological polar surface area (TPSA) is 184 Å². The summed E-state index contributed by atoms with van der Waals surface area (Å²) in [5, 5.41) is 27.3. The lowest BCUT2D eigenvalue weighted by molar-refractivity contribution is -0.303. The van der Waals surface area contributed by atoms with Crippen molar-refractivity contribution in [2.75, 3.05) is 18.4 Å². The van der Waals surface area contributed by atoms with Gasteiger partial charge in [-0.2, -0.15) is 0 Å². The summed E-state index contributed by atoms with van der Waals surface area (Å²) in [5.41, 5.74) is -4.38. The Labute approximate surface area is 325 Å². The number of rotatable bonds is 10. The third kappa shape index (κ3) is 6.93. The van der Waals surface area contributed by atoms with Gasteiger partial charge in [-0.25, -0.2) is 9.59 Å². The molecule has 15 heteroatoms. The number of benzene rings is 1. The average molecular weight is 797 g/mol. The average Bonchev–Trinajstić information content (AvgIpc) is 3.11. The van der Waals surface area contributed by atoms with Gasteiger partial charge in [0.1, 0.15) is 24.0 Å². The Hall–Kier alpha value is -3.23. The second-order valence-electron chi connectivity index (χ2n) is 16.3. The van der Waals surface area contributed by atoms with E-state index in [1.165, 1.54) is 0 Å². The minimum Gasteiger partial charge on any atom is -0.460 e. The molecule has 0 spiro atoms. The number of alkyl carbamates (subject to hydrolysis) is 1. The van der Waals surface area contributed by atoms with Gasteiger partial charge in [0.05, 0.1) is 35.9 Å². The Morgan fingerprint density at radius 2 is 1.61 bits per heavy atom. The highest BCUT2D eigenvalue weighted by molar-refractivity contribution is 6.26. The minimum absolute atomic E-state index is 0.167. The maximum absolute atomic E-state index is 15.3. The van der Waals surface area contributed by atoms with Crippen LogP contribution in [0.1, 0.15) is 79.8 Å². The van der Waals surface area contributed by atoms with Crippen LogP contribution in [-0.2, 0) is 42.9 Å². The van der Waals surface area contributed by atoms with Crippen LogP contribution in [-0.4, -0.2) is 101 Å². The number of aliphatic hydroxyl groups is 2. The summed E-state index contributed by atoms with van der Waals surface area (Å²) in [4.78, 5) is 67.8. The molecule has 5 rings (SSSR count). The normalized spacial score (nSPS) is 35.2. The highest BCUT2D eigenvalue weighted by Gasteiger charge is 2.74. The smallest absolute Gasteiger partial charge is 0.407 e. The molecule has 0 radical (unpaired) electrons. The number of fused-ring (bicyclic) bond motifs is 5. The third-order valence-electron chi connectivity index (χ3n) is 12.6. The molecule has 1 unspecified atom stereocenters.